The van der Waals surface area contributed by atoms with Gasteiger partial charge in [-0.1, -0.05) is 23.7 Å². The quantitative estimate of drug-likeness (QED) is 0.869. The molecule has 0 radical (unpaired) electrons. The maximum Gasteiger partial charge on any atom is 0.241 e. The average Bonchev–Trinajstić information content (AvgIpc) is 2.98. The molecule has 3 nitrogen and oxygen atoms in total. The van der Waals surface area contributed by atoms with Crippen molar-refractivity contribution in [2.24, 2.45) is 0 Å². The van der Waals surface area contributed by atoms with Gasteiger partial charge in [-0.3, -0.25) is 9.59 Å². The Morgan fingerprint density at radius 3 is 2.71 bits per heavy atom. The third-order valence-corrected chi connectivity index (χ3v) is 5.75. The Hall–Kier alpha value is -1.30. The van der Waals surface area contributed by atoms with Crippen molar-refractivity contribution < 1.29 is 9.59 Å². The van der Waals surface area contributed by atoms with E-state index in [0.717, 1.165) is 10.5 Å². The maximum atomic E-state index is 12.3. The minimum Gasteiger partial charge on any atom is -0.347 e. The van der Waals surface area contributed by atoms with Crippen LogP contribution in [-0.4, -0.2) is 16.9 Å². The van der Waals surface area contributed by atoms with E-state index < -0.39 is 5.25 Å². The summed E-state index contributed by atoms with van der Waals surface area (Å²) in [6.07, 6.45) is 0.324. The van der Waals surface area contributed by atoms with Crippen molar-refractivity contribution in [2.75, 3.05) is 0 Å². The van der Waals surface area contributed by atoms with Gasteiger partial charge in [-0.2, -0.15) is 11.3 Å². The lowest BCUT2D eigenvalue weighted by molar-refractivity contribution is -0.131. The van der Waals surface area contributed by atoms with Crippen molar-refractivity contribution in [2.45, 2.75) is 22.6 Å². The monoisotopic (exact) mass is 337 g/mol. The second-order valence-corrected chi connectivity index (χ2v) is 7.05. The van der Waals surface area contributed by atoms with Crippen LogP contribution in [0.4, 0.5) is 0 Å². The zero-order valence-electron chi connectivity index (χ0n) is 10.9. The Bertz CT molecular complexity index is 654. The van der Waals surface area contributed by atoms with Crippen LogP contribution in [0, 0.1) is 0 Å². The normalized spacial score (nSPS) is 22.1. The summed E-state index contributed by atoms with van der Waals surface area (Å²) in [4.78, 5) is 25.3. The van der Waals surface area contributed by atoms with Crippen LogP contribution in [0.1, 0.15) is 18.0 Å². The Labute approximate surface area is 135 Å². The smallest absolute Gasteiger partial charge is 0.241 e. The molecule has 1 aromatic carbocycles. The van der Waals surface area contributed by atoms with Crippen LogP contribution in [0.3, 0.4) is 0 Å². The standard InChI is InChI=1S/C15H12ClNO2S2/c16-10-3-1-2-4-13(10)21-14-12(18)7-11(17-15(14)19)9-5-6-20-8-9/h1-6,8,11,14H,7H2,(H,17,19). The van der Waals surface area contributed by atoms with Gasteiger partial charge >= 0.3 is 0 Å². The molecule has 1 saturated heterocycles. The lowest BCUT2D eigenvalue weighted by Crippen LogP contribution is -2.46. The lowest BCUT2D eigenvalue weighted by Gasteiger charge is -2.27. The van der Waals surface area contributed by atoms with E-state index in [9.17, 15) is 9.59 Å². The number of rotatable bonds is 3. The van der Waals surface area contributed by atoms with Gasteiger partial charge in [-0.05, 0) is 34.5 Å². The fourth-order valence-electron chi connectivity index (χ4n) is 2.21. The van der Waals surface area contributed by atoms with E-state index in [2.05, 4.69) is 5.32 Å². The molecule has 0 saturated carbocycles. The van der Waals surface area contributed by atoms with E-state index in [1.807, 2.05) is 35.0 Å². The summed E-state index contributed by atoms with van der Waals surface area (Å²) in [7, 11) is 0. The molecule has 0 bridgehead atoms. The first kappa shape index (κ1) is 14.6. The minimum absolute atomic E-state index is 0.0557. The number of piperidine rings is 1. The van der Waals surface area contributed by atoms with Crippen molar-refractivity contribution in [3.8, 4) is 0 Å². The molecule has 2 atom stereocenters. The molecule has 1 aliphatic rings. The van der Waals surface area contributed by atoms with Crippen molar-refractivity contribution >= 4 is 46.4 Å². The van der Waals surface area contributed by atoms with Crippen LogP contribution in [0.25, 0.3) is 0 Å². The third-order valence-electron chi connectivity index (χ3n) is 3.28. The van der Waals surface area contributed by atoms with Crippen LogP contribution in [-0.2, 0) is 9.59 Å². The van der Waals surface area contributed by atoms with Crippen LogP contribution in [0.15, 0.2) is 46.0 Å². The van der Waals surface area contributed by atoms with E-state index in [4.69, 9.17) is 11.6 Å². The molecule has 6 heteroatoms. The molecule has 1 fully saturated rings. The highest BCUT2D eigenvalue weighted by atomic mass is 35.5. The van der Waals surface area contributed by atoms with Crippen molar-refractivity contribution in [3.63, 3.8) is 0 Å². The molecule has 108 valence electrons. The molecule has 1 aromatic heterocycles. The number of benzene rings is 1. The van der Waals surface area contributed by atoms with Crippen molar-refractivity contribution in [3.05, 3.63) is 51.7 Å². The van der Waals surface area contributed by atoms with E-state index in [1.54, 1.807) is 17.4 Å². The Morgan fingerprint density at radius 1 is 1.24 bits per heavy atom. The van der Waals surface area contributed by atoms with Gasteiger partial charge in [0, 0.05) is 11.3 Å². The first-order chi connectivity index (χ1) is 10.1. The largest absolute Gasteiger partial charge is 0.347 e. The van der Waals surface area contributed by atoms with Crippen LogP contribution < -0.4 is 5.32 Å². The second-order valence-electron chi connectivity index (χ2n) is 4.72. The SMILES string of the molecule is O=C1CC(c2ccsc2)NC(=O)C1Sc1ccccc1Cl. The first-order valence-electron chi connectivity index (χ1n) is 6.41. The number of amides is 1. The number of thiophene rings is 1. The van der Waals surface area contributed by atoms with Crippen molar-refractivity contribution in [1.29, 1.82) is 0 Å². The number of halogens is 1. The fraction of sp³-hybridized carbons (Fsp3) is 0.200. The van der Waals surface area contributed by atoms with E-state index >= 15 is 0 Å². The van der Waals surface area contributed by atoms with Gasteiger partial charge in [0.15, 0.2) is 5.78 Å². The summed E-state index contributed by atoms with van der Waals surface area (Å²) >= 11 is 8.86. The summed E-state index contributed by atoms with van der Waals surface area (Å²) in [6, 6.07) is 8.96. The highest BCUT2D eigenvalue weighted by Gasteiger charge is 2.36. The minimum atomic E-state index is -0.722. The number of Topliss-reactive ketones (excluding diaryl/α,β-unsaturated/α-hetero) is 1. The summed E-state index contributed by atoms with van der Waals surface area (Å²) in [6.45, 7) is 0. The molecule has 0 aliphatic carbocycles. The third kappa shape index (κ3) is 3.15. The zero-order chi connectivity index (χ0) is 14.8. The molecule has 1 N–H and O–H groups in total. The van der Waals surface area contributed by atoms with Crippen molar-refractivity contribution in [1.82, 2.24) is 5.32 Å². The predicted molar refractivity (Wildman–Crippen MR) is 85.9 cm³/mol. The van der Waals surface area contributed by atoms with Gasteiger partial charge in [0.05, 0.1) is 11.1 Å². The number of carbonyl (C=O) groups excluding carboxylic acids is 2. The van der Waals surface area contributed by atoms with Crippen LogP contribution >= 0.6 is 34.7 Å². The number of hydrogen-bond acceptors (Lipinski definition) is 4. The van der Waals surface area contributed by atoms with E-state index in [-0.39, 0.29) is 17.7 Å². The van der Waals surface area contributed by atoms with Gasteiger partial charge in [0.1, 0.15) is 5.25 Å². The first-order valence-corrected chi connectivity index (χ1v) is 8.61. The highest BCUT2D eigenvalue weighted by Crippen LogP contribution is 2.34. The van der Waals surface area contributed by atoms with Gasteiger partial charge in [-0.25, -0.2) is 0 Å². The molecule has 1 amide bonds. The molecule has 2 aromatic rings. The summed E-state index contributed by atoms with van der Waals surface area (Å²) in [5, 5.41) is 6.66. The average molecular weight is 338 g/mol. The topological polar surface area (TPSA) is 46.2 Å². The Balaban J connectivity index is 1.75. The molecular weight excluding hydrogens is 326 g/mol. The fourth-order valence-corrected chi connectivity index (χ4v) is 4.19. The second kappa shape index (κ2) is 6.22. The lowest BCUT2D eigenvalue weighted by atomic mass is 9.98. The Morgan fingerprint density at radius 2 is 2.05 bits per heavy atom. The van der Waals surface area contributed by atoms with Gasteiger partial charge < -0.3 is 5.32 Å². The number of hydrogen-bond donors (Lipinski definition) is 1. The number of thioether (sulfide) groups is 1. The predicted octanol–water partition coefficient (Wildman–Crippen LogP) is 3.69. The molecular formula is C15H12ClNO2S2. The summed E-state index contributed by atoms with van der Waals surface area (Å²) in [5.41, 5.74) is 0.989. The molecule has 0 spiro atoms. The number of ketones is 1. The van der Waals surface area contributed by atoms with Crippen LogP contribution in [0.5, 0.6) is 0 Å². The number of carbonyl (C=O) groups is 2. The van der Waals surface area contributed by atoms with Gasteiger partial charge in [-0.15, -0.1) is 11.8 Å². The summed E-state index contributed by atoms with van der Waals surface area (Å²) < 4.78 is 0. The highest BCUT2D eigenvalue weighted by molar-refractivity contribution is 8.01. The molecule has 21 heavy (non-hydrogen) atoms. The zero-order valence-corrected chi connectivity index (χ0v) is 13.3. The van der Waals surface area contributed by atoms with Gasteiger partial charge in [0.2, 0.25) is 5.91 Å². The molecule has 2 unspecified atom stereocenters. The van der Waals surface area contributed by atoms with Gasteiger partial charge in [0.25, 0.3) is 0 Å². The Kier molecular flexibility index (Phi) is 4.33. The summed E-state index contributed by atoms with van der Waals surface area (Å²) in [5.74, 6) is -0.299. The van der Waals surface area contributed by atoms with E-state index in [1.165, 1.54) is 11.8 Å². The maximum absolute atomic E-state index is 12.3. The molecule has 1 aliphatic heterocycles. The van der Waals surface area contributed by atoms with E-state index in [0.29, 0.717) is 11.4 Å². The molecule has 2 heterocycles. The molecule has 3 rings (SSSR count). The number of nitrogens with one attached hydrogen (secondary N) is 1. The van der Waals surface area contributed by atoms with Crippen LogP contribution in [0.2, 0.25) is 5.02 Å².